The molecule has 2 aromatic carbocycles. The predicted octanol–water partition coefficient (Wildman–Crippen LogP) is 6.95. The Balaban J connectivity index is 1.24. The molecule has 5 N–H and O–H groups in total. The van der Waals surface area contributed by atoms with E-state index in [0.29, 0.717) is 19.3 Å². The molecule has 4 aliphatic rings. The van der Waals surface area contributed by atoms with Gasteiger partial charge in [0.2, 0.25) is 5.91 Å². The molecule has 6 rings (SSSR count). The van der Waals surface area contributed by atoms with E-state index in [0.717, 1.165) is 17.5 Å². The molecular formula is C54H83N3O15P+. The SMILES string of the molecule is C=[P+](C)C1OCC2OC(OC3C(NC(=O)OCc4ccccc4)CC(NC(=O)C(O)CCC)C(O)C3OC3OC(CC)C(OC(CC)OC(CNC(=O)OCc4ccccc4)C(C)CC)C3C)C(C)C(C)C2O1. The summed E-state index contributed by atoms with van der Waals surface area (Å²) in [7, 11) is -0.784. The van der Waals surface area contributed by atoms with E-state index in [2.05, 4.69) is 43.0 Å². The number of amides is 3. The van der Waals surface area contributed by atoms with Crippen LogP contribution in [0.3, 0.4) is 0 Å². The highest BCUT2D eigenvalue weighted by atomic mass is 31.1. The summed E-state index contributed by atoms with van der Waals surface area (Å²) in [6, 6.07) is 16.3. The monoisotopic (exact) mass is 1040 g/mol. The van der Waals surface area contributed by atoms with Crippen LogP contribution in [0.15, 0.2) is 60.7 Å². The van der Waals surface area contributed by atoms with E-state index in [-0.39, 0.29) is 63.1 Å². The molecule has 3 saturated heterocycles. The number of rotatable bonds is 24. The molecule has 20 atom stereocenters. The lowest BCUT2D eigenvalue weighted by atomic mass is 9.82. The molecule has 3 amide bonds. The van der Waals surface area contributed by atoms with Gasteiger partial charge in [0.25, 0.3) is 0 Å². The zero-order valence-electron chi connectivity index (χ0n) is 44.2. The van der Waals surface area contributed by atoms with E-state index in [1.54, 1.807) is 0 Å². The van der Waals surface area contributed by atoms with Crippen LogP contribution in [0.4, 0.5) is 9.59 Å². The topological polar surface area (TPSA) is 220 Å². The first kappa shape index (κ1) is 58.5. The second kappa shape index (κ2) is 28.4. The van der Waals surface area contributed by atoms with Crippen molar-refractivity contribution in [2.75, 3.05) is 19.8 Å². The molecule has 0 aromatic heterocycles. The van der Waals surface area contributed by atoms with Crippen LogP contribution in [0.25, 0.3) is 0 Å². The molecule has 3 aliphatic heterocycles. The molecule has 19 heteroatoms. The smallest absolute Gasteiger partial charge is 0.407 e. The van der Waals surface area contributed by atoms with Gasteiger partial charge in [-0.05, 0) is 48.6 Å². The molecule has 0 spiro atoms. The fourth-order valence-corrected chi connectivity index (χ4v) is 10.5. The predicted molar refractivity (Wildman–Crippen MR) is 274 cm³/mol. The number of alkyl carbamates (subject to hydrolysis) is 2. The second-order valence-electron chi connectivity index (χ2n) is 20.2. The highest BCUT2D eigenvalue weighted by Crippen LogP contribution is 2.43. The van der Waals surface area contributed by atoms with Crippen LogP contribution >= 0.6 is 7.55 Å². The van der Waals surface area contributed by atoms with Gasteiger partial charge in [-0.2, -0.15) is 0 Å². The minimum Gasteiger partial charge on any atom is -0.445 e. The van der Waals surface area contributed by atoms with Crippen LogP contribution in [0.1, 0.15) is 105 Å². The maximum Gasteiger partial charge on any atom is 0.407 e. The van der Waals surface area contributed by atoms with Crippen LogP contribution in [-0.2, 0) is 65.4 Å². The van der Waals surface area contributed by atoms with E-state index in [1.807, 2.05) is 102 Å². The van der Waals surface area contributed by atoms with E-state index < -0.39 is 117 Å². The first-order chi connectivity index (χ1) is 35.0. The third-order valence-corrected chi connectivity index (χ3v) is 15.7. The minimum atomic E-state index is -1.43. The van der Waals surface area contributed by atoms with Gasteiger partial charge >= 0.3 is 18.2 Å². The molecule has 1 aliphatic carbocycles. The summed E-state index contributed by atoms with van der Waals surface area (Å²) in [4.78, 5) is 40.1. The molecule has 3 heterocycles. The van der Waals surface area contributed by atoms with Gasteiger partial charge < -0.3 is 73.5 Å². The molecule has 408 valence electrons. The standard InChI is InChI=1S/C54H82N3O15P/c1-11-21-39(58)49(60)56-37-26-38(57-53(62)64-29-36-24-19-16-20-25-36)47(70-50-33(7)32(6)45-42(68-50)30-65-54(72-45)73(9)10)48(44(37)59)71-51-34(8)46(40(13-3)67-51)69-43(14-4)66-41(31(5)12-2)27-55-52(61)63-28-35-22-17-15-18-23-35/h15-20,22-25,31-34,37-48,50-51,54,58-59H,9,11-14,21,26-30H2,1-8,10H3,(H2-,55,56,57,60,61,62)/p+1. The zero-order chi connectivity index (χ0) is 52.8. The van der Waals surface area contributed by atoms with Gasteiger partial charge in [-0.3, -0.25) is 4.79 Å². The van der Waals surface area contributed by atoms with Crippen molar-refractivity contribution in [3.8, 4) is 0 Å². The summed E-state index contributed by atoms with van der Waals surface area (Å²) in [6.45, 7) is 18.5. The van der Waals surface area contributed by atoms with Gasteiger partial charge in [-0.15, -0.1) is 0 Å². The van der Waals surface area contributed by atoms with Crippen molar-refractivity contribution in [3.05, 3.63) is 71.8 Å². The summed E-state index contributed by atoms with van der Waals surface area (Å²) in [5, 5.41) is 31.9. The molecule has 0 bridgehead atoms. The number of ether oxygens (including phenoxy) is 10. The molecule has 1 saturated carbocycles. The maximum absolute atomic E-state index is 13.8. The maximum atomic E-state index is 13.8. The normalized spacial score (nSPS) is 33.0. The first-order valence-electron chi connectivity index (χ1n) is 26.4. The van der Waals surface area contributed by atoms with Gasteiger partial charge in [-0.25, -0.2) is 9.59 Å². The highest BCUT2D eigenvalue weighted by Gasteiger charge is 2.55. The fourth-order valence-electron chi connectivity index (χ4n) is 9.83. The fraction of sp³-hybridized carbons (Fsp3) is 0.704. The lowest BCUT2D eigenvalue weighted by Crippen LogP contribution is -2.68. The van der Waals surface area contributed by atoms with Gasteiger partial charge in [0.05, 0.1) is 49.4 Å². The average Bonchev–Trinajstić information content (AvgIpc) is 3.69. The third-order valence-electron chi connectivity index (χ3n) is 14.7. The number of aliphatic hydroxyl groups excluding tert-OH is 2. The number of aliphatic hydroxyl groups is 2. The highest BCUT2D eigenvalue weighted by molar-refractivity contribution is 7.55. The molecule has 20 unspecified atom stereocenters. The quantitative estimate of drug-likeness (QED) is 0.0531. The van der Waals surface area contributed by atoms with Crippen LogP contribution < -0.4 is 16.0 Å². The van der Waals surface area contributed by atoms with Gasteiger partial charge in [0.15, 0.2) is 18.9 Å². The van der Waals surface area contributed by atoms with Crippen molar-refractivity contribution in [2.45, 2.75) is 199 Å². The Labute approximate surface area is 432 Å². The Morgan fingerprint density at radius 3 is 2.03 bits per heavy atom. The summed E-state index contributed by atoms with van der Waals surface area (Å²) < 4.78 is 64.3. The number of benzene rings is 2. The van der Waals surface area contributed by atoms with Crippen LogP contribution in [0.5, 0.6) is 0 Å². The number of hydrogen-bond donors (Lipinski definition) is 5. The zero-order valence-corrected chi connectivity index (χ0v) is 45.1. The summed E-state index contributed by atoms with van der Waals surface area (Å²) in [5.74, 6) is -1.37. The molecule has 2 aromatic rings. The Morgan fingerprint density at radius 2 is 1.42 bits per heavy atom. The van der Waals surface area contributed by atoms with E-state index in [4.69, 9.17) is 47.4 Å². The second-order valence-corrected chi connectivity index (χ2v) is 22.1. The number of carbonyl (C=O) groups is 3. The minimum absolute atomic E-state index is 0.0139. The molecule has 73 heavy (non-hydrogen) atoms. The number of nitrogens with one attached hydrogen (secondary N) is 3. The van der Waals surface area contributed by atoms with Crippen molar-refractivity contribution >= 4 is 31.9 Å². The van der Waals surface area contributed by atoms with Gasteiger partial charge in [0, 0.05) is 18.4 Å². The first-order valence-corrected chi connectivity index (χ1v) is 28.4. The lowest BCUT2D eigenvalue weighted by molar-refractivity contribution is -0.344. The summed E-state index contributed by atoms with van der Waals surface area (Å²) in [5.41, 5.74) is 1.65. The van der Waals surface area contributed by atoms with Gasteiger partial charge in [0.1, 0.15) is 57.9 Å². The van der Waals surface area contributed by atoms with Crippen LogP contribution in [0.2, 0.25) is 0 Å². The van der Waals surface area contributed by atoms with Crippen molar-refractivity contribution in [1.29, 1.82) is 0 Å². The van der Waals surface area contributed by atoms with Crippen molar-refractivity contribution < 1.29 is 72.0 Å². The van der Waals surface area contributed by atoms with Crippen LogP contribution in [0, 0.1) is 23.7 Å². The largest absolute Gasteiger partial charge is 0.445 e. The Bertz CT molecular complexity index is 2020. The average molecular weight is 1050 g/mol. The van der Waals surface area contributed by atoms with Crippen molar-refractivity contribution in [1.82, 2.24) is 16.0 Å². The van der Waals surface area contributed by atoms with Crippen molar-refractivity contribution in [2.24, 2.45) is 23.7 Å². The van der Waals surface area contributed by atoms with Gasteiger partial charge in [-0.1, -0.05) is 129 Å². The summed E-state index contributed by atoms with van der Waals surface area (Å²) in [6.07, 6.45) is -4.44. The number of hydrogen-bond acceptors (Lipinski definition) is 15. The Hall–Kier alpha value is -3.78. The van der Waals surface area contributed by atoms with Crippen molar-refractivity contribution in [3.63, 3.8) is 0 Å². The lowest BCUT2D eigenvalue weighted by Gasteiger charge is -2.50. The van der Waals surface area contributed by atoms with E-state index >= 15 is 0 Å². The molecule has 18 nitrogen and oxygen atoms in total. The van der Waals surface area contributed by atoms with E-state index in [9.17, 15) is 24.6 Å². The third kappa shape index (κ3) is 15.9. The van der Waals surface area contributed by atoms with E-state index in [1.165, 1.54) is 0 Å². The molecular weight excluding hydrogens is 962 g/mol. The Kier molecular flexibility index (Phi) is 22.7. The molecule has 0 radical (unpaired) electrons. The number of carbonyl (C=O) groups excluding carboxylic acids is 3. The number of fused-ring (bicyclic) bond motifs is 1. The Morgan fingerprint density at radius 1 is 0.795 bits per heavy atom. The molecule has 4 fully saturated rings. The summed E-state index contributed by atoms with van der Waals surface area (Å²) >= 11 is 0. The van der Waals surface area contributed by atoms with Crippen LogP contribution in [-0.4, -0.2) is 146 Å².